The van der Waals surface area contributed by atoms with Crippen LogP contribution < -0.4 is 15.4 Å². The average Bonchev–Trinajstić information content (AvgIpc) is 2.98. The molecule has 33 heavy (non-hydrogen) atoms. The lowest BCUT2D eigenvalue weighted by Gasteiger charge is -2.38. The van der Waals surface area contributed by atoms with Crippen LogP contribution in [0.2, 0.25) is 0 Å². The fraction of sp³-hybridized carbons (Fsp3) is 0.412. The number of aryl methyl sites for hydroxylation is 1. The highest BCUT2D eigenvalue weighted by molar-refractivity contribution is 7.92. The smallest absolute Gasteiger partial charge is 0.439 e. The molecule has 16 heteroatoms. The number of rotatable bonds is 7. The Hall–Kier alpha value is -3.17. The van der Waals surface area contributed by atoms with Crippen molar-refractivity contribution < 1.29 is 48.8 Å². The molecule has 0 aliphatic carbocycles. The van der Waals surface area contributed by atoms with E-state index in [9.17, 15) is 39.6 Å². The number of carbonyl (C=O) groups excluding carboxylic acids is 1. The summed E-state index contributed by atoms with van der Waals surface area (Å²) in [5.74, 6) is -0.207. The molecule has 0 radical (unpaired) electrons. The number of hydrogen-bond donors (Lipinski definition) is 3. The van der Waals surface area contributed by atoms with Gasteiger partial charge in [-0.3, -0.25) is 5.32 Å². The topological polar surface area (TPSA) is 123 Å². The fourth-order valence-corrected chi connectivity index (χ4v) is 3.47. The van der Waals surface area contributed by atoms with Crippen LogP contribution in [0, 0.1) is 13.8 Å². The molecule has 0 aliphatic rings. The van der Waals surface area contributed by atoms with Gasteiger partial charge >= 0.3 is 24.1 Å². The molecule has 1 amide bonds. The van der Waals surface area contributed by atoms with Gasteiger partial charge in [0.2, 0.25) is 5.88 Å². The number of ether oxygens (including phenoxy) is 1. The first-order chi connectivity index (χ1) is 15.0. The van der Waals surface area contributed by atoms with Gasteiger partial charge in [-0.05, 0) is 45.0 Å². The highest BCUT2D eigenvalue weighted by Gasteiger charge is 2.73. The lowest BCUT2D eigenvalue weighted by Crippen LogP contribution is -2.72. The summed E-state index contributed by atoms with van der Waals surface area (Å²) in [5.41, 5.74) is -4.94. The van der Waals surface area contributed by atoms with Crippen LogP contribution in [0.25, 0.3) is 0 Å². The summed E-state index contributed by atoms with van der Waals surface area (Å²) < 4.78 is 117. The van der Waals surface area contributed by atoms with Gasteiger partial charge in [-0.15, -0.1) is 0 Å². The Kier molecular flexibility index (Phi) is 7.11. The van der Waals surface area contributed by atoms with Gasteiger partial charge in [-0.25, -0.2) is 17.9 Å². The monoisotopic (exact) mass is 504 g/mol. The number of aromatic nitrogens is 1. The minimum Gasteiger partial charge on any atom is -0.450 e. The van der Waals surface area contributed by atoms with Crippen molar-refractivity contribution in [3.05, 3.63) is 35.5 Å². The molecular formula is C17H18F6N4O5S. The van der Waals surface area contributed by atoms with Gasteiger partial charge in [0.1, 0.15) is 0 Å². The molecule has 2 aromatic rings. The number of nitrogens with one attached hydrogen (secondary N) is 3. The second-order valence-corrected chi connectivity index (χ2v) is 8.25. The van der Waals surface area contributed by atoms with E-state index in [-0.39, 0.29) is 5.88 Å². The standard InChI is InChI=1S/C17H18F6N4O5S/c1-4-31-14(28)25-15(16(18,19)20,17(21,22)23)24-11-5-7-12(8-6-11)33(29,30)27-13-9(2)10(3)26-32-13/h5-8,24,27H,4H2,1-3H3,(H,25,28). The first-order valence-corrected chi connectivity index (χ1v) is 10.4. The molecule has 2 rings (SSSR count). The maximum Gasteiger partial charge on any atom is 0.439 e. The highest BCUT2D eigenvalue weighted by atomic mass is 32.2. The molecule has 1 aromatic carbocycles. The number of sulfonamides is 1. The van der Waals surface area contributed by atoms with Crippen molar-refractivity contribution in [3.63, 3.8) is 0 Å². The molecule has 0 aliphatic heterocycles. The molecule has 1 heterocycles. The molecule has 3 N–H and O–H groups in total. The molecule has 0 spiro atoms. The highest BCUT2D eigenvalue weighted by Crippen LogP contribution is 2.43. The number of halogens is 6. The Morgan fingerprint density at radius 1 is 1.06 bits per heavy atom. The summed E-state index contributed by atoms with van der Waals surface area (Å²) in [4.78, 5) is 11.0. The third kappa shape index (κ3) is 5.43. The molecule has 9 nitrogen and oxygen atoms in total. The SMILES string of the molecule is CCOC(=O)NC(Nc1ccc(S(=O)(=O)Nc2onc(C)c2C)cc1)(C(F)(F)F)C(F)(F)F. The number of benzene rings is 1. The van der Waals surface area contributed by atoms with E-state index < -0.39 is 51.3 Å². The van der Waals surface area contributed by atoms with E-state index in [1.807, 2.05) is 0 Å². The second-order valence-electron chi connectivity index (χ2n) is 6.57. The van der Waals surface area contributed by atoms with E-state index in [0.29, 0.717) is 23.4 Å². The van der Waals surface area contributed by atoms with Gasteiger partial charge < -0.3 is 14.6 Å². The number of hydrogen-bond acceptors (Lipinski definition) is 7. The van der Waals surface area contributed by atoms with Crippen LogP contribution in [0.1, 0.15) is 18.2 Å². The number of carbonyl (C=O) groups is 1. The molecule has 0 unspecified atom stereocenters. The van der Waals surface area contributed by atoms with E-state index in [1.165, 1.54) is 19.2 Å². The van der Waals surface area contributed by atoms with E-state index in [4.69, 9.17) is 4.52 Å². The molecule has 184 valence electrons. The van der Waals surface area contributed by atoms with Crippen molar-refractivity contribution in [2.75, 3.05) is 16.6 Å². The number of amides is 1. The number of alkyl halides is 6. The lowest BCUT2D eigenvalue weighted by atomic mass is 10.1. The van der Waals surface area contributed by atoms with Gasteiger partial charge in [0.05, 0.1) is 17.2 Å². The Morgan fingerprint density at radius 2 is 1.61 bits per heavy atom. The van der Waals surface area contributed by atoms with Crippen LogP contribution in [0.3, 0.4) is 0 Å². The zero-order valence-corrected chi connectivity index (χ0v) is 18.0. The summed E-state index contributed by atoms with van der Waals surface area (Å²) in [6.07, 6.45) is -14.1. The first-order valence-electron chi connectivity index (χ1n) is 8.96. The fourth-order valence-electron chi connectivity index (χ4n) is 2.42. The van der Waals surface area contributed by atoms with Gasteiger partial charge in [0.25, 0.3) is 10.0 Å². The largest absolute Gasteiger partial charge is 0.450 e. The number of alkyl carbamates (subject to hydrolysis) is 1. The van der Waals surface area contributed by atoms with Crippen molar-refractivity contribution in [2.45, 2.75) is 43.7 Å². The molecular weight excluding hydrogens is 486 g/mol. The minimum atomic E-state index is -6.06. The van der Waals surface area contributed by atoms with Crippen molar-refractivity contribution >= 4 is 27.7 Å². The summed E-state index contributed by atoms with van der Waals surface area (Å²) in [6.45, 7) is 3.77. The third-order valence-corrected chi connectivity index (χ3v) is 5.64. The van der Waals surface area contributed by atoms with Crippen molar-refractivity contribution in [2.24, 2.45) is 0 Å². The van der Waals surface area contributed by atoms with Crippen molar-refractivity contribution in [1.82, 2.24) is 10.5 Å². The van der Waals surface area contributed by atoms with E-state index in [1.54, 1.807) is 6.92 Å². The Balaban J connectivity index is 2.38. The number of anilines is 2. The predicted molar refractivity (Wildman–Crippen MR) is 102 cm³/mol. The average molecular weight is 504 g/mol. The van der Waals surface area contributed by atoms with Crippen LogP contribution in [-0.4, -0.2) is 44.3 Å². The first kappa shape index (κ1) is 26.1. The van der Waals surface area contributed by atoms with E-state index >= 15 is 0 Å². The second kappa shape index (κ2) is 8.99. The summed E-state index contributed by atoms with van der Waals surface area (Å²) in [7, 11) is -4.31. The molecule has 0 atom stereocenters. The van der Waals surface area contributed by atoms with Crippen LogP contribution in [-0.2, 0) is 14.8 Å². The maximum absolute atomic E-state index is 13.5. The summed E-state index contributed by atoms with van der Waals surface area (Å²) in [6, 6.07) is 2.83. The zero-order valence-electron chi connectivity index (χ0n) is 17.2. The number of nitrogens with zero attached hydrogens (tertiary/aromatic N) is 1. The maximum atomic E-state index is 13.5. The zero-order chi connectivity index (χ0) is 25.2. The summed E-state index contributed by atoms with van der Waals surface area (Å²) in [5, 5.41) is 5.53. The Bertz CT molecular complexity index is 1080. The van der Waals surface area contributed by atoms with Gasteiger partial charge in [0, 0.05) is 11.3 Å². The third-order valence-electron chi connectivity index (χ3n) is 4.30. The van der Waals surface area contributed by atoms with Crippen LogP contribution >= 0.6 is 0 Å². The molecule has 0 saturated heterocycles. The predicted octanol–water partition coefficient (Wildman–Crippen LogP) is 4.07. The van der Waals surface area contributed by atoms with Gasteiger partial charge in [-0.2, -0.15) is 26.3 Å². The minimum absolute atomic E-state index is 0.207. The Labute approximate surface area is 183 Å². The van der Waals surface area contributed by atoms with E-state index in [2.05, 4.69) is 14.6 Å². The normalized spacial score (nSPS) is 12.9. The molecule has 0 saturated carbocycles. The van der Waals surface area contributed by atoms with Crippen LogP contribution in [0.15, 0.2) is 33.7 Å². The van der Waals surface area contributed by atoms with E-state index in [0.717, 1.165) is 17.4 Å². The van der Waals surface area contributed by atoms with Gasteiger partial charge in [-0.1, -0.05) is 5.16 Å². The lowest BCUT2D eigenvalue weighted by molar-refractivity contribution is -0.294. The van der Waals surface area contributed by atoms with Crippen molar-refractivity contribution in [1.29, 1.82) is 0 Å². The molecule has 1 aromatic heterocycles. The van der Waals surface area contributed by atoms with Gasteiger partial charge in [0.15, 0.2) is 0 Å². The van der Waals surface area contributed by atoms with Crippen molar-refractivity contribution in [3.8, 4) is 0 Å². The van der Waals surface area contributed by atoms with Crippen LogP contribution in [0.5, 0.6) is 0 Å². The molecule has 0 bridgehead atoms. The quantitative estimate of drug-likeness (QED) is 0.384. The van der Waals surface area contributed by atoms with Crippen LogP contribution in [0.4, 0.5) is 42.7 Å². The summed E-state index contributed by atoms with van der Waals surface area (Å²) >= 11 is 0. The Morgan fingerprint density at radius 3 is 2.03 bits per heavy atom. The molecule has 0 fully saturated rings.